The zero-order chi connectivity index (χ0) is 22.0. The Bertz CT molecular complexity index is 1090. The summed E-state index contributed by atoms with van der Waals surface area (Å²) in [4.78, 5) is 22.3. The monoisotopic (exact) mass is 449 g/mol. The van der Waals surface area contributed by atoms with Crippen molar-refractivity contribution in [1.82, 2.24) is 18.8 Å². The molecule has 0 unspecified atom stereocenters. The quantitative estimate of drug-likeness (QED) is 0.660. The molecule has 10 heteroatoms. The molecule has 1 aliphatic heterocycles. The van der Waals surface area contributed by atoms with Gasteiger partial charge in [-0.05, 0) is 38.7 Å². The molecule has 1 saturated heterocycles. The molecule has 0 aromatic carbocycles. The van der Waals surface area contributed by atoms with Crippen molar-refractivity contribution >= 4 is 27.0 Å². The molecule has 0 amide bonds. The number of hydrogen-bond donors (Lipinski definition) is 2. The van der Waals surface area contributed by atoms with Gasteiger partial charge in [0.25, 0.3) is 5.56 Å². The number of rotatable bonds is 7. The first-order chi connectivity index (χ1) is 14.9. The first kappa shape index (κ1) is 22.2. The predicted octanol–water partition coefficient (Wildman–Crippen LogP) is 1.67. The Morgan fingerprint density at radius 3 is 2.55 bits per heavy atom. The van der Waals surface area contributed by atoms with Crippen molar-refractivity contribution in [1.29, 1.82) is 0 Å². The predicted molar refractivity (Wildman–Crippen MR) is 120 cm³/mol. The van der Waals surface area contributed by atoms with Crippen molar-refractivity contribution in [3.05, 3.63) is 28.2 Å². The number of nitrogens with zero attached hydrogens (tertiary/aromatic N) is 4. The Balaban J connectivity index is 1.60. The number of aliphatic hydroxyl groups excluding tert-OH is 1. The second-order valence-electron chi connectivity index (χ2n) is 8.45. The number of hydrogen-bond acceptors (Lipinski definition) is 7. The van der Waals surface area contributed by atoms with E-state index < -0.39 is 10.0 Å². The molecular weight excluding hydrogens is 418 g/mol. The first-order valence-corrected chi connectivity index (χ1v) is 12.8. The molecule has 2 fully saturated rings. The smallest absolute Gasteiger partial charge is 0.255 e. The van der Waals surface area contributed by atoms with Gasteiger partial charge in [0.1, 0.15) is 5.65 Å². The van der Waals surface area contributed by atoms with Crippen LogP contribution in [0.1, 0.15) is 57.1 Å². The third kappa shape index (κ3) is 4.61. The minimum atomic E-state index is -3.16. The summed E-state index contributed by atoms with van der Waals surface area (Å²) in [5.41, 5.74) is 1.15. The number of aromatic nitrogens is 3. The fraction of sp³-hybridized carbons (Fsp3) is 0.667. The van der Waals surface area contributed by atoms with Gasteiger partial charge in [-0.15, -0.1) is 0 Å². The van der Waals surface area contributed by atoms with E-state index in [1.165, 1.54) is 0 Å². The van der Waals surface area contributed by atoms with Crippen LogP contribution in [-0.4, -0.2) is 63.9 Å². The van der Waals surface area contributed by atoms with Gasteiger partial charge in [-0.1, -0.05) is 12.8 Å². The van der Waals surface area contributed by atoms with Crippen molar-refractivity contribution in [2.45, 2.75) is 64.0 Å². The van der Waals surface area contributed by atoms with Crippen LogP contribution in [0.15, 0.2) is 17.1 Å². The van der Waals surface area contributed by atoms with Crippen molar-refractivity contribution in [3.8, 4) is 0 Å². The number of sulfonamides is 1. The standard InChI is InChI=1S/C21H31N5O4S/c1-2-31(29,30)25-10-7-17(8-11-25)23-21-22-14-16-13-15(9-12-27)20(28)26(19(16)24-21)18-5-3-4-6-18/h13-14,17-18,27H,2-12H2,1H3,(H,22,23,24). The van der Waals surface area contributed by atoms with Gasteiger partial charge < -0.3 is 10.4 Å². The van der Waals surface area contributed by atoms with Crippen LogP contribution in [0, 0.1) is 0 Å². The maximum Gasteiger partial charge on any atom is 0.255 e. The lowest BCUT2D eigenvalue weighted by Gasteiger charge is -2.31. The van der Waals surface area contributed by atoms with Gasteiger partial charge in [0, 0.05) is 55.3 Å². The molecule has 2 aliphatic rings. The number of pyridine rings is 1. The van der Waals surface area contributed by atoms with Crippen LogP contribution in [-0.2, 0) is 16.4 Å². The van der Waals surface area contributed by atoms with E-state index in [2.05, 4.69) is 10.3 Å². The van der Waals surface area contributed by atoms with Gasteiger partial charge in [-0.2, -0.15) is 4.98 Å². The van der Waals surface area contributed by atoms with Crippen LogP contribution in [0.4, 0.5) is 5.95 Å². The van der Waals surface area contributed by atoms with Crippen molar-refractivity contribution < 1.29 is 13.5 Å². The summed E-state index contributed by atoms with van der Waals surface area (Å²) in [7, 11) is -3.16. The molecule has 4 rings (SSSR count). The van der Waals surface area contributed by atoms with Crippen LogP contribution in [0.2, 0.25) is 0 Å². The zero-order valence-electron chi connectivity index (χ0n) is 18.0. The summed E-state index contributed by atoms with van der Waals surface area (Å²) in [5, 5.41) is 13.5. The Morgan fingerprint density at radius 2 is 1.90 bits per heavy atom. The number of piperidine rings is 1. The third-order valence-electron chi connectivity index (χ3n) is 6.46. The largest absolute Gasteiger partial charge is 0.396 e. The number of anilines is 1. The lowest BCUT2D eigenvalue weighted by atomic mass is 10.1. The highest BCUT2D eigenvalue weighted by Crippen LogP contribution is 2.31. The van der Waals surface area contributed by atoms with Gasteiger partial charge in [0.2, 0.25) is 16.0 Å². The zero-order valence-corrected chi connectivity index (χ0v) is 18.8. The Morgan fingerprint density at radius 1 is 1.19 bits per heavy atom. The summed E-state index contributed by atoms with van der Waals surface area (Å²) in [5.74, 6) is 0.584. The van der Waals surface area contributed by atoms with Crippen LogP contribution in [0.5, 0.6) is 0 Å². The minimum Gasteiger partial charge on any atom is -0.396 e. The number of nitrogens with one attached hydrogen (secondary N) is 1. The topological polar surface area (TPSA) is 117 Å². The van der Waals surface area contributed by atoms with E-state index in [4.69, 9.17) is 4.98 Å². The second kappa shape index (κ2) is 9.22. The fourth-order valence-electron chi connectivity index (χ4n) is 4.69. The van der Waals surface area contributed by atoms with Crippen LogP contribution >= 0.6 is 0 Å². The number of fused-ring (bicyclic) bond motifs is 1. The molecule has 2 aromatic rings. The maximum absolute atomic E-state index is 13.1. The van der Waals surface area contributed by atoms with Crippen molar-refractivity contribution in [2.24, 2.45) is 0 Å². The Hall–Kier alpha value is -2.04. The van der Waals surface area contributed by atoms with Gasteiger partial charge >= 0.3 is 0 Å². The van der Waals surface area contributed by atoms with E-state index in [1.54, 1.807) is 28.1 Å². The molecule has 0 atom stereocenters. The van der Waals surface area contributed by atoms with E-state index in [9.17, 15) is 18.3 Å². The highest BCUT2D eigenvalue weighted by molar-refractivity contribution is 7.89. The van der Waals surface area contributed by atoms with E-state index in [0.29, 0.717) is 49.5 Å². The molecule has 1 aliphatic carbocycles. The maximum atomic E-state index is 13.1. The van der Waals surface area contributed by atoms with E-state index in [1.807, 2.05) is 0 Å². The third-order valence-corrected chi connectivity index (χ3v) is 8.35. The molecular formula is C21H31N5O4S. The van der Waals surface area contributed by atoms with Gasteiger partial charge in [-0.25, -0.2) is 17.7 Å². The molecule has 31 heavy (non-hydrogen) atoms. The summed E-state index contributed by atoms with van der Waals surface area (Å²) in [6.07, 6.45) is 7.52. The molecule has 3 heterocycles. The normalized spacial score (nSPS) is 19.3. The highest BCUT2D eigenvalue weighted by Gasteiger charge is 2.27. The first-order valence-electron chi connectivity index (χ1n) is 11.2. The molecule has 1 saturated carbocycles. The Kier molecular flexibility index (Phi) is 6.59. The lowest BCUT2D eigenvalue weighted by Crippen LogP contribution is -2.43. The minimum absolute atomic E-state index is 0.0711. The average Bonchev–Trinajstić information content (AvgIpc) is 3.29. The Labute approximate surface area is 182 Å². The SMILES string of the molecule is CCS(=O)(=O)N1CCC(Nc2ncc3cc(CCO)c(=O)n(C4CCCC4)c3n2)CC1. The lowest BCUT2D eigenvalue weighted by molar-refractivity contribution is 0.298. The summed E-state index contributed by atoms with van der Waals surface area (Å²) in [6.45, 7) is 2.56. The molecule has 2 aromatic heterocycles. The van der Waals surface area contributed by atoms with Crippen LogP contribution in [0.25, 0.3) is 11.0 Å². The van der Waals surface area contributed by atoms with E-state index in [-0.39, 0.29) is 30.0 Å². The van der Waals surface area contributed by atoms with Gasteiger partial charge in [0.05, 0.1) is 5.75 Å². The van der Waals surface area contributed by atoms with Gasteiger partial charge in [0.15, 0.2) is 0 Å². The molecule has 0 radical (unpaired) electrons. The molecule has 0 bridgehead atoms. The van der Waals surface area contributed by atoms with E-state index in [0.717, 1.165) is 31.1 Å². The molecule has 2 N–H and O–H groups in total. The summed E-state index contributed by atoms with van der Waals surface area (Å²) < 4.78 is 27.5. The second-order valence-corrected chi connectivity index (χ2v) is 10.7. The molecule has 170 valence electrons. The van der Waals surface area contributed by atoms with Crippen molar-refractivity contribution in [3.63, 3.8) is 0 Å². The van der Waals surface area contributed by atoms with Crippen LogP contribution in [0.3, 0.4) is 0 Å². The average molecular weight is 450 g/mol. The van der Waals surface area contributed by atoms with Crippen molar-refractivity contribution in [2.75, 3.05) is 30.8 Å². The van der Waals surface area contributed by atoms with Gasteiger partial charge in [-0.3, -0.25) is 9.36 Å². The van der Waals surface area contributed by atoms with Crippen LogP contribution < -0.4 is 10.9 Å². The fourth-order valence-corrected chi connectivity index (χ4v) is 5.82. The van der Waals surface area contributed by atoms with E-state index >= 15 is 0 Å². The highest BCUT2D eigenvalue weighted by atomic mass is 32.2. The molecule has 0 spiro atoms. The molecule has 9 nitrogen and oxygen atoms in total. The summed E-state index contributed by atoms with van der Waals surface area (Å²) in [6, 6.07) is 2.00. The summed E-state index contributed by atoms with van der Waals surface area (Å²) >= 11 is 0. The number of aliphatic hydroxyl groups is 1.